The van der Waals surface area contributed by atoms with Gasteiger partial charge >= 0.3 is 0 Å². The number of rotatable bonds is 9. The maximum Gasteiger partial charge on any atom is 0.254 e. The summed E-state index contributed by atoms with van der Waals surface area (Å²) in [6.07, 6.45) is 1.84. The third-order valence-electron chi connectivity index (χ3n) is 4.96. The summed E-state index contributed by atoms with van der Waals surface area (Å²) in [5.74, 6) is 1.72. The number of nitrogens with zero attached hydrogens (tertiary/aromatic N) is 3. The first kappa shape index (κ1) is 22.1. The van der Waals surface area contributed by atoms with Gasteiger partial charge < -0.3 is 23.3 Å². The molecule has 0 bridgehead atoms. The van der Waals surface area contributed by atoms with Crippen LogP contribution in [0.25, 0.3) is 11.4 Å². The number of ether oxygens (including phenoxy) is 2. The van der Waals surface area contributed by atoms with E-state index in [1.807, 2.05) is 0 Å². The molecule has 4 rings (SSSR count). The van der Waals surface area contributed by atoms with Gasteiger partial charge in [0, 0.05) is 30.2 Å². The largest absolute Gasteiger partial charge is 0.497 e. The molecule has 0 unspecified atom stereocenters. The molecular formula is C24H22FN3O5. The summed E-state index contributed by atoms with van der Waals surface area (Å²) in [6.45, 7) is 0.482. The van der Waals surface area contributed by atoms with Crippen molar-refractivity contribution in [1.29, 1.82) is 0 Å². The molecule has 170 valence electrons. The SMILES string of the molecule is COc1cc(OC)cc(-c2noc(CCN(Cc3ccco3)C(=O)c3cccc(F)c3)n2)c1. The molecular weight excluding hydrogens is 429 g/mol. The van der Waals surface area contributed by atoms with Gasteiger partial charge in [-0.25, -0.2) is 4.39 Å². The zero-order valence-electron chi connectivity index (χ0n) is 18.2. The molecule has 0 N–H and O–H groups in total. The van der Waals surface area contributed by atoms with Crippen LogP contribution in [0, 0.1) is 5.82 Å². The zero-order chi connectivity index (χ0) is 23.2. The Kier molecular flexibility index (Phi) is 6.68. The third-order valence-corrected chi connectivity index (χ3v) is 4.96. The number of furan rings is 1. The highest BCUT2D eigenvalue weighted by Crippen LogP contribution is 2.28. The smallest absolute Gasteiger partial charge is 0.254 e. The predicted molar refractivity (Wildman–Crippen MR) is 116 cm³/mol. The standard InChI is InChI=1S/C24H22FN3O5/c1-30-20-12-17(13-21(14-20)31-2)23-26-22(33-27-23)8-9-28(15-19-7-4-10-32-19)24(29)16-5-3-6-18(25)11-16/h3-7,10-14H,8-9,15H2,1-2H3. The molecule has 0 aliphatic carbocycles. The van der Waals surface area contributed by atoms with Crippen LogP contribution in [0.4, 0.5) is 4.39 Å². The van der Waals surface area contributed by atoms with Crippen molar-refractivity contribution in [2.45, 2.75) is 13.0 Å². The molecule has 8 nitrogen and oxygen atoms in total. The Morgan fingerprint density at radius 2 is 1.85 bits per heavy atom. The summed E-state index contributed by atoms with van der Waals surface area (Å²) in [5, 5.41) is 4.04. The van der Waals surface area contributed by atoms with Crippen LogP contribution in [0.3, 0.4) is 0 Å². The van der Waals surface area contributed by atoms with Crippen LogP contribution in [0.2, 0.25) is 0 Å². The van der Waals surface area contributed by atoms with Gasteiger partial charge in [-0.15, -0.1) is 0 Å². The molecule has 0 aliphatic heterocycles. The number of benzene rings is 2. The summed E-state index contributed by atoms with van der Waals surface area (Å²) in [4.78, 5) is 19.0. The van der Waals surface area contributed by atoms with Gasteiger partial charge in [-0.1, -0.05) is 11.2 Å². The van der Waals surface area contributed by atoms with Gasteiger partial charge in [0.15, 0.2) is 0 Å². The van der Waals surface area contributed by atoms with Crippen molar-refractivity contribution in [3.8, 4) is 22.9 Å². The molecule has 9 heteroatoms. The van der Waals surface area contributed by atoms with Crippen molar-refractivity contribution in [1.82, 2.24) is 15.0 Å². The highest BCUT2D eigenvalue weighted by molar-refractivity contribution is 5.94. The molecule has 0 radical (unpaired) electrons. The number of carbonyl (C=O) groups is 1. The normalized spacial score (nSPS) is 10.8. The summed E-state index contributed by atoms with van der Waals surface area (Å²) in [6, 6.07) is 14.4. The fourth-order valence-corrected chi connectivity index (χ4v) is 3.29. The van der Waals surface area contributed by atoms with Crippen molar-refractivity contribution in [3.63, 3.8) is 0 Å². The van der Waals surface area contributed by atoms with Gasteiger partial charge in [0.05, 0.1) is 27.0 Å². The Morgan fingerprint density at radius 3 is 2.52 bits per heavy atom. The number of hydrogen-bond acceptors (Lipinski definition) is 7. The molecule has 0 fully saturated rings. The average Bonchev–Trinajstić information content (AvgIpc) is 3.53. The Balaban J connectivity index is 1.51. The summed E-state index contributed by atoms with van der Waals surface area (Å²) < 4.78 is 35.0. The number of halogens is 1. The van der Waals surface area contributed by atoms with Crippen molar-refractivity contribution < 1.29 is 27.6 Å². The van der Waals surface area contributed by atoms with E-state index < -0.39 is 5.82 Å². The molecule has 0 atom stereocenters. The first-order valence-electron chi connectivity index (χ1n) is 10.2. The average molecular weight is 451 g/mol. The van der Waals surface area contributed by atoms with E-state index >= 15 is 0 Å². The van der Waals surface area contributed by atoms with Crippen LogP contribution in [0.15, 0.2) is 69.8 Å². The second-order valence-electron chi connectivity index (χ2n) is 7.18. The van der Waals surface area contributed by atoms with Gasteiger partial charge in [0.1, 0.15) is 23.1 Å². The number of aromatic nitrogens is 2. The first-order valence-corrected chi connectivity index (χ1v) is 10.2. The van der Waals surface area contributed by atoms with Crippen molar-refractivity contribution in [2.75, 3.05) is 20.8 Å². The van der Waals surface area contributed by atoms with E-state index in [2.05, 4.69) is 10.1 Å². The number of methoxy groups -OCH3 is 2. The lowest BCUT2D eigenvalue weighted by molar-refractivity contribution is 0.0729. The molecule has 0 saturated heterocycles. The summed E-state index contributed by atoms with van der Waals surface area (Å²) >= 11 is 0. The van der Waals surface area contributed by atoms with E-state index in [1.165, 1.54) is 24.5 Å². The molecule has 0 aliphatic rings. The minimum absolute atomic E-state index is 0.219. The van der Waals surface area contributed by atoms with Gasteiger partial charge in [-0.3, -0.25) is 4.79 Å². The monoisotopic (exact) mass is 451 g/mol. The van der Waals surface area contributed by atoms with Crippen LogP contribution in [-0.4, -0.2) is 41.7 Å². The van der Waals surface area contributed by atoms with E-state index in [0.29, 0.717) is 41.0 Å². The number of hydrogen-bond donors (Lipinski definition) is 0. The third kappa shape index (κ3) is 5.38. The van der Waals surface area contributed by atoms with Crippen molar-refractivity contribution in [3.05, 3.63) is 83.9 Å². The van der Waals surface area contributed by atoms with E-state index in [-0.39, 0.29) is 24.6 Å². The molecule has 0 saturated carbocycles. The number of amides is 1. The van der Waals surface area contributed by atoms with Gasteiger partial charge in [-0.05, 0) is 42.5 Å². The number of carbonyl (C=O) groups excluding carboxylic acids is 1. The minimum atomic E-state index is -0.478. The molecule has 0 spiro atoms. The summed E-state index contributed by atoms with van der Waals surface area (Å²) in [7, 11) is 3.12. The van der Waals surface area contributed by atoms with Crippen LogP contribution in [0.5, 0.6) is 11.5 Å². The Hall–Kier alpha value is -4.14. The van der Waals surface area contributed by atoms with Gasteiger partial charge in [0.2, 0.25) is 11.7 Å². The highest BCUT2D eigenvalue weighted by Gasteiger charge is 2.20. The predicted octanol–water partition coefficient (Wildman–Crippen LogP) is 4.37. The van der Waals surface area contributed by atoms with Crippen LogP contribution in [-0.2, 0) is 13.0 Å². The lowest BCUT2D eigenvalue weighted by Gasteiger charge is -2.21. The van der Waals surface area contributed by atoms with E-state index in [0.717, 1.165) is 0 Å². The molecule has 2 aromatic carbocycles. The van der Waals surface area contributed by atoms with Crippen molar-refractivity contribution >= 4 is 5.91 Å². The maximum absolute atomic E-state index is 13.7. The summed E-state index contributed by atoms with van der Waals surface area (Å²) in [5.41, 5.74) is 0.917. The second-order valence-corrected chi connectivity index (χ2v) is 7.18. The van der Waals surface area contributed by atoms with Crippen LogP contribution in [0.1, 0.15) is 22.0 Å². The van der Waals surface area contributed by atoms with E-state index in [1.54, 1.807) is 55.5 Å². The van der Waals surface area contributed by atoms with E-state index in [9.17, 15) is 9.18 Å². The molecule has 4 aromatic rings. The van der Waals surface area contributed by atoms with Gasteiger partial charge in [-0.2, -0.15) is 4.98 Å². The Morgan fingerprint density at radius 1 is 1.06 bits per heavy atom. The van der Waals surface area contributed by atoms with Crippen LogP contribution < -0.4 is 9.47 Å². The molecule has 33 heavy (non-hydrogen) atoms. The lowest BCUT2D eigenvalue weighted by Crippen LogP contribution is -2.32. The van der Waals surface area contributed by atoms with E-state index in [4.69, 9.17) is 18.4 Å². The fourth-order valence-electron chi connectivity index (χ4n) is 3.29. The first-order chi connectivity index (χ1) is 16.1. The maximum atomic E-state index is 13.7. The lowest BCUT2D eigenvalue weighted by atomic mass is 10.2. The minimum Gasteiger partial charge on any atom is -0.497 e. The Bertz CT molecular complexity index is 1200. The quantitative estimate of drug-likeness (QED) is 0.373. The fraction of sp³-hybridized carbons (Fsp3) is 0.208. The van der Waals surface area contributed by atoms with Gasteiger partial charge in [0.25, 0.3) is 5.91 Å². The Labute approximate surface area is 189 Å². The topological polar surface area (TPSA) is 90.8 Å². The highest BCUT2D eigenvalue weighted by atomic mass is 19.1. The molecule has 1 amide bonds. The molecule has 2 heterocycles. The zero-order valence-corrected chi connectivity index (χ0v) is 18.2. The van der Waals surface area contributed by atoms with Crippen LogP contribution >= 0.6 is 0 Å². The second kappa shape index (κ2) is 9.99. The van der Waals surface area contributed by atoms with Crippen molar-refractivity contribution in [2.24, 2.45) is 0 Å². The molecule has 2 aromatic heterocycles.